The van der Waals surface area contributed by atoms with Crippen molar-refractivity contribution < 1.29 is 4.79 Å². The van der Waals surface area contributed by atoms with Crippen molar-refractivity contribution in [2.45, 2.75) is 31.8 Å². The predicted molar refractivity (Wildman–Crippen MR) is 83.4 cm³/mol. The monoisotopic (exact) mass is 336 g/mol. The van der Waals surface area contributed by atoms with Gasteiger partial charge in [-0.15, -0.1) is 0 Å². The third-order valence-corrected chi connectivity index (χ3v) is 5.63. The van der Waals surface area contributed by atoms with E-state index in [0.717, 1.165) is 24.0 Å². The van der Waals surface area contributed by atoms with E-state index < -0.39 is 0 Å². The van der Waals surface area contributed by atoms with Gasteiger partial charge in [0.1, 0.15) is 0 Å². The van der Waals surface area contributed by atoms with Crippen LogP contribution in [0.4, 0.5) is 0 Å². The first-order chi connectivity index (χ1) is 9.58. The van der Waals surface area contributed by atoms with Crippen LogP contribution in [0.5, 0.6) is 0 Å². The van der Waals surface area contributed by atoms with Crippen molar-refractivity contribution in [1.29, 1.82) is 0 Å². The number of rotatable bonds is 1. The fourth-order valence-electron chi connectivity index (χ4n) is 3.80. The minimum Gasteiger partial charge on any atom is -0.335 e. The SMILES string of the molecule is CC(=O)N1C[C@H]2CCN(C)[C@H]2C[C@H]1c1ccccc1Br. The molecule has 0 aliphatic carbocycles. The van der Waals surface area contributed by atoms with Gasteiger partial charge in [0, 0.05) is 24.0 Å². The van der Waals surface area contributed by atoms with Gasteiger partial charge in [0.05, 0.1) is 6.04 Å². The molecule has 0 bridgehead atoms. The average Bonchev–Trinajstić information content (AvgIpc) is 2.79. The first kappa shape index (κ1) is 14.1. The Labute approximate surface area is 129 Å². The van der Waals surface area contributed by atoms with Crippen LogP contribution in [-0.4, -0.2) is 41.9 Å². The van der Waals surface area contributed by atoms with E-state index in [0.29, 0.717) is 12.0 Å². The van der Waals surface area contributed by atoms with Gasteiger partial charge in [-0.2, -0.15) is 0 Å². The first-order valence-electron chi connectivity index (χ1n) is 7.30. The van der Waals surface area contributed by atoms with Crippen LogP contribution in [0, 0.1) is 5.92 Å². The molecule has 2 fully saturated rings. The molecule has 1 aromatic carbocycles. The maximum absolute atomic E-state index is 12.1. The van der Waals surface area contributed by atoms with Crippen LogP contribution in [0.3, 0.4) is 0 Å². The van der Waals surface area contributed by atoms with E-state index in [-0.39, 0.29) is 11.9 Å². The molecular formula is C16H21BrN2O. The summed E-state index contributed by atoms with van der Waals surface area (Å²) in [5, 5.41) is 0. The van der Waals surface area contributed by atoms with Gasteiger partial charge in [-0.1, -0.05) is 34.1 Å². The summed E-state index contributed by atoms with van der Waals surface area (Å²) >= 11 is 3.64. The highest BCUT2D eigenvalue weighted by atomic mass is 79.9. The molecule has 2 aliphatic heterocycles. The molecule has 3 nitrogen and oxygen atoms in total. The van der Waals surface area contributed by atoms with E-state index in [1.165, 1.54) is 12.0 Å². The van der Waals surface area contributed by atoms with Crippen molar-refractivity contribution >= 4 is 21.8 Å². The number of amides is 1. The number of carbonyl (C=O) groups is 1. The molecule has 0 unspecified atom stereocenters. The van der Waals surface area contributed by atoms with Crippen LogP contribution in [-0.2, 0) is 4.79 Å². The fraction of sp³-hybridized carbons (Fsp3) is 0.562. The first-order valence-corrected chi connectivity index (χ1v) is 8.09. The number of carbonyl (C=O) groups excluding carboxylic acids is 1. The largest absolute Gasteiger partial charge is 0.335 e. The van der Waals surface area contributed by atoms with Crippen LogP contribution in [0.2, 0.25) is 0 Å². The molecule has 4 heteroatoms. The molecule has 2 saturated heterocycles. The Morgan fingerprint density at radius 2 is 2.10 bits per heavy atom. The summed E-state index contributed by atoms with van der Waals surface area (Å²) < 4.78 is 1.11. The number of halogens is 1. The Balaban J connectivity index is 1.94. The van der Waals surface area contributed by atoms with Crippen LogP contribution < -0.4 is 0 Å². The second-order valence-electron chi connectivity index (χ2n) is 6.04. The zero-order valence-electron chi connectivity index (χ0n) is 12.1. The van der Waals surface area contributed by atoms with Gasteiger partial charge in [-0.05, 0) is 44.0 Å². The highest BCUT2D eigenvalue weighted by Gasteiger charge is 2.42. The predicted octanol–water partition coefficient (Wildman–Crippen LogP) is 3.06. The van der Waals surface area contributed by atoms with Crippen molar-refractivity contribution in [3.8, 4) is 0 Å². The molecule has 3 rings (SSSR count). The Hall–Kier alpha value is -0.870. The summed E-state index contributed by atoms with van der Waals surface area (Å²) in [6.45, 7) is 3.75. The zero-order valence-corrected chi connectivity index (χ0v) is 13.6. The lowest BCUT2D eigenvalue weighted by atomic mass is 9.85. The molecule has 3 atom stereocenters. The van der Waals surface area contributed by atoms with Gasteiger partial charge in [0.25, 0.3) is 0 Å². The summed E-state index contributed by atoms with van der Waals surface area (Å²) in [5.41, 5.74) is 1.24. The van der Waals surface area contributed by atoms with E-state index in [1.807, 2.05) is 6.07 Å². The smallest absolute Gasteiger partial charge is 0.219 e. The molecule has 0 radical (unpaired) electrons. The maximum atomic E-state index is 12.1. The Bertz CT molecular complexity index is 519. The maximum Gasteiger partial charge on any atom is 0.219 e. The molecule has 20 heavy (non-hydrogen) atoms. The second kappa shape index (κ2) is 5.49. The topological polar surface area (TPSA) is 23.6 Å². The summed E-state index contributed by atoms with van der Waals surface area (Å²) in [6, 6.07) is 9.10. The zero-order chi connectivity index (χ0) is 14.3. The molecule has 2 aliphatic rings. The van der Waals surface area contributed by atoms with Gasteiger partial charge in [0.2, 0.25) is 5.91 Å². The number of likely N-dealkylation sites (tertiary alicyclic amines) is 2. The number of piperidine rings is 1. The number of nitrogens with zero attached hydrogens (tertiary/aromatic N) is 2. The normalized spacial score (nSPS) is 30.4. The standard InChI is InChI=1S/C16H21BrN2O/c1-11(20)19-10-12-7-8-18(2)15(12)9-16(19)13-5-3-4-6-14(13)17/h3-6,12,15-16H,7-10H2,1-2H3/t12-,15+,16+/m1/s1. The van der Waals surface area contributed by atoms with Crippen molar-refractivity contribution in [3.05, 3.63) is 34.3 Å². The molecule has 1 aromatic rings. The highest BCUT2D eigenvalue weighted by molar-refractivity contribution is 9.10. The van der Waals surface area contributed by atoms with E-state index in [9.17, 15) is 4.79 Å². The quantitative estimate of drug-likeness (QED) is 0.786. The van der Waals surface area contributed by atoms with Gasteiger partial charge >= 0.3 is 0 Å². The second-order valence-corrected chi connectivity index (χ2v) is 6.90. The minimum absolute atomic E-state index is 0.193. The van der Waals surface area contributed by atoms with Crippen molar-refractivity contribution in [3.63, 3.8) is 0 Å². The average molecular weight is 337 g/mol. The molecule has 0 spiro atoms. The van der Waals surface area contributed by atoms with Crippen molar-refractivity contribution in [2.75, 3.05) is 20.1 Å². The van der Waals surface area contributed by atoms with Gasteiger partial charge in [0.15, 0.2) is 0 Å². The summed E-state index contributed by atoms with van der Waals surface area (Å²) in [5.74, 6) is 0.835. The van der Waals surface area contributed by atoms with Gasteiger partial charge in [-0.25, -0.2) is 0 Å². The Morgan fingerprint density at radius 3 is 2.80 bits per heavy atom. The summed E-state index contributed by atoms with van der Waals surface area (Å²) in [4.78, 5) is 16.6. The molecular weight excluding hydrogens is 316 g/mol. The molecule has 0 saturated carbocycles. The fourth-order valence-corrected chi connectivity index (χ4v) is 4.35. The molecule has 0 aromatic heterocycles. The van der Waals surface area contributed by atoms with Gasteiger partial charge in [-0.3, -0.25) is 4.79 Å². The summed E-state index contributed by atoms with van der Waals surface area (Å²) in [7, 11) is 2.21. The lowest BCUT2D eigenvalue weighted by Gasteiger charge is -2.43. The lowest BCUT2D eigenvalue weighted by molar-refractivity contribution is -0.134. The third kappa shape index (κ3) is 2.40. The van der Waals surface area contributed by atoms with E-state index in [1.54, 1.807) is 6.92 Å². The number of hydrogen-bond donors (Lipinski definition) is 0. The molecule has 2 heterocycles. The molecule has 108 valence electrons. The van der Waals surface area contributed by atoms with Crippen LogP contribution >= 0.6 is 15.9 Å². The van der Waals surface area contributed by atoms with Crippen LogP contribution in [0.25, 0.3) is 0 Å². The summed E-state index contributed by atoms with van der Waals surface area (Å²) in [6.07, 6.45) is 2.26. The van der Waals surface area contributed by atoms with E-state index >= 15 is 0 Å². The van der Waals surface area contributed by atoms with Gasteiger partial charge < -0.3 is 9.80 Å². The van der Waals surface area contributed by atoms with E-state index in [2.05, 4.69) is 51.0 Å². The highest BCUT2D eigenvalue weighted by Crippen LogP contribution is 2.41. The third-order valence-electron chi connectivity index (χ3n) is 4.90. The van der Waals surface area contributed by atoms with E-state index in [4.69, 9.17) is 0 Å². The van der Waals surface area contributed by atoms with Crippen molar-refractivity contribution in [1.82, 2.24) is 9.80 Å². The molecule has 0 N–H and O–H groups in total. The minimum atomic E-state index is 0.193. The van der Waals surface area contributed by atoms with Crippen LogP contribution in [0.1, 0.15) is 31.4 Å². The van der Waals surface area contributed by atoms with Crippen LogP contribution in [0.15, 0.2) is 28.7 Å². The van der Waals surface area contributed by atoms with Crippen molar-refractivity contribution in [2.24, 2.45) is 5.92 Å². The number of benzene rings is 1. The molecule has 1 amide bonds. The number of hydrogen-bond acceptors (Lipinski definition) is 2. The Morgan fingerprint density at radius 1 is 1.35 bits per heavy atom. The number of fused-ring (bicyclic) bond motifs is 1. The lowest BCUT2D eigenvalue weighted by Crippen LogP contribution is -2.48. The Kier molecular flexibility index (Phi) is 3.87.